The predicted octanol–water partition coefficient (Wildman–Crippen LogP) is 2.64. The van der Waals surface area contributed by atoms with Gasteiger partial charge in [-0.1, -0.05) is 33.1 Å². The van der Waals surface area contributed by atoms with Crippen LogP contribution in [0, 0.1) is 11.8 Å². The molecular formula is C16H32N2O. The molecule has 0 radical (unpaired) electrons. The topological polar surface area (TPSA) is 38.5 Å². The lowest BCUT2D eigenvalue weighted by molar-refractivity contribution is -0.0610. The Balaban J connectivity index is 2.08. The fourth-order valence-electron chi connectivity index (χ4n) is 4.18. The fraction of sp³-hybridized carbons (Fsp3) is 1.00. The summed E-state index contributed by atoms with van der Waals surface area (Å²) in [4.78, 5) is 2.67. The number of rotatable bonds is 4. The van der Waals surface area contributed by atoms with Crippen molar-refractivity contribution in [3.8, 4) is 0 Å². The molecule has 1 aliphatic heterocycles. The van der Waals surface area contributed by atoms with Crippen LogP contribution < -0.4 is 5.73 Å². The van der Waals surface area contributed by atoms with Gasteiger partial charge < -0.3 is 10.5 Å². The molecule has 1 saturated carbocycles. The number of ether oxygens (including phenoxy) is 1. The fourth-order valence-corrected chi connectivity index (χ4v) is 4.18. The lowest BCUT2D eigenvalue weighted by Crippen LogP contribution is -2.61. The van der Waals surface area contributed by atoms with Gasteiger partial charge in [0.1, 0.15) is 0 Å². The molecule has 0 aromatic carbocycles. The number of hydrogen-bond acceptors (Lipinski definition) is 3. The zero-order chi connectivity index (χ0) is 13.9. The summed E-state index contributed by atoms with van der Waals surface area (Å²) in [6.07, 6.45) is 8.27. The van der Waals surface area contributed by atoms with E-state index in [4.69, 9.17) is 10.5 Å². The summed E-state index contributed by atoms with van der Waals surface area (Å²) in [6.45, 7) is 7.73. The normalized spacial score (nSPS) is 41.4. The highest BCUT2D eigenvalue weighted by Crippen LogP contribution is 2.39. The molecule has 3 nitrogen and oxygen atoms in total. The van der Waals surface area contributed by atoms with Crippen LogP contribution in [-0.2, 0) is 4.74 Å². The summed E-state index contributed by atoms with van der Waals surface area (Å²) in [5.41, 5.74) is 6.48. The van der Waals surface area contributed by atoms with E-state index >= 15 is 0 Å². The second-order valence-electron chi connectivity index (χ2n) is 6.79. The molecule has 0 spiro atoms. The molecule has 1 heterocycles. The van der Waals surface area contributed by atoms with E-state index in [2.05, 4.69) is 18.7 Å². The van der Waals surface area contributed by atoms with Crippen LogP contribution >= 0.6 is 0 Å². The van der Waals surface area contributed by atoms with E-state index < -0.39 is 0 Å². The van der Waals surface area contributed by atoms with Gasteiger partial charge >= 0.3 is 0 Å². The average molecular weight is 268 g/mol. The first-order valence-electron chi connectivity index (χ1n) is 8.13. The molecule has 0 aromatic rings. The SMILES string of the molecule is CCC1CCCC(CN)(N2CCC(C)C(OC)C2)C1. The highest BCUT2D eigenvalue weighted by atomic mass is 16.5. The zero-order valence-corrected chi connectivity index (χ0v) is 13.0. The van der Waals surface area contributed by atoms with Gasteiger partial charge in [0.15, 0.2) is 0 Å². The van der Waals surface area contributed by atoms with E-state index in [-0.39, 0.29) is 5.54 Å². The van der Waals surface area contributed by atoms with Crippen molar-refractivity contribution in [2.24, 2.45) is 17.6 Å². The van der Waals surface area contributed by atoms with Crippen LogP contribution in [0.4, 0.5) is 0 Å². The molecule has 4 unspecified atom stereocenters. The van der Waals surface area contributed by atoms with E-state index in [0.717, 1.165) is 19.0 Å². The van der Waals surface area contributed by atoms with Gasteiger partial charge in [0.05, 0.1) is 6.10 Å². The largest absolute Gasteiger partial charge is 0.380 e. The van der Waals surface area contributed by atoms with Crippen molar-refractivity contribution in [3.05, 3.63) is 0 Å². The Hall–Kier alpha value is -0.120. The number of hydrogen-bond donors (Lipinski definition) is 1. The maximum Gasteiger partial charge on any atom is 0.0724 e. The van der Waals surface area contributed by atoms with Crippen molar-refractivity contribution in [2.45, 2.75) is 64.0 Å². The summed E-state index contributed by atoms with van der Waals surface area (Å²) in [5.74, 6) is 1.55. The van der Waals surface area contributed by atoms with Crippen LogP contribution in [0.3, 0.4) is 0 Å². The summed E-state index contributed by atoms with van der Waals surface area (Å²) >= 11 is 0. The molecular weight excluding hydrogens is 236 g/mol. The molecule has 0 aromatic heterocycles. The van der Waals surface area contributed by atoms with Crippen LogP contribution in [0.25, 0.3) is 0 Å². The van der Waals surface area contributed by atoms with Crippen LogP contribution in [0.15, 0.2) is 0 Å². The molecule has 0 amide bonds. The first-order valence-corrected chi connectivity index (χ1v) is 8.13. The van der Waals surface area contributed by atoms with E-state index in [1.807, 2.05) is 7.11 Å². The quantitative estimate of drug-likeness (QED) is 0.852. The van der Waals surface area contributed by atoms with Crippen molar-refractivity contribution in [2.75, 3.05) is 26.7 Å². The highest BCUT2D eigenvalue weighted by Gasteiger charge is 2.42. The zero-order valence-electron chi connectivity index (χ0n) is 13.0. The average Bonchev–Trinajstić information content (AvgIpc) is 2.47. The Bertz CT molecular complexity index is 284. The van der Waals surface area contributed by atoms with E-state index in [9.17, 15) is 0 Å². The summed E-state index contributed by atoms with van der Waals surface area (Å²) < 4.78 is 5.68. The Kier molecular flexibility index (Phi) is 5.27. The van der Waals surface area contributed by atoms with Crippen LogP contribution in [0.5, 0.6) is 0 Å². The first-order chi connectivity index (χ1) is 9.15. The molecule has 1 saturated heterocycles. The molecule has 2 rings (SSSR count). The van der Waals surface area contributed by atoms with Gasteiger partial charge in [0.2, 0.25) is 0 Å². The van der Waals surface area contributed by atoms with E-state index in [0.29, 0.717) is 12.0 Å². The number of nitrogens with two attached hydrogens (primary N) is 1. The van der Waals surface area contributed by atoms with Crippen molar-refractivity contribution in [1.82, 2.24) is 4.90 Å². The Morgan fingerprint density at radius 1 is 1.37 bits per heavy atom. The molecule has 4 atom stereocenters. The molecule has 0 bridgehead atoms. The lowest BCUT2D eigenvalue weighted by atomic mass is 9.72. The van der Waals surface area contributed by atoms with Crippen molar-refractivity contribution < 1.29 is 4.74 Å². The third kappa shape index (κ3) is 3.14. The Morgan fingerprint density at radius 3 is 2.79 bits per heavy atom. The van der Waals surface area contributed by atoms with E-state index in [1.165, 1.54) is 45.1 Å². The lowest BCUT2D eigenvalue weighted by Gasteiger charge is -2.52. The summed E-state index contributed by atoms with van der Waals surface area (Å²) in [6, 6.07) is 0. The summed E-state index contributed by atoms with van der Waals surface area (Å²) in [7, 11) is 1.86. The number of nitrogens with zero attached hydrogens (tertiary/aromatic N) is 1. The molecule has 2 aliphatic rings. The molecule has 3 heteroatoms. The highest BCUT2D eigenvalue weighted by molar-refractivity contribution is 4.99. The maximum atomic E-state index is 6.23. The molecule has 2 N–H and O–H groups in total. The van der Waals surface area contributed by atoms with Gasteiger partial charge in [-0.2, -0.15) is 0 Å². The van der Waals surface area contributed by atoms with Crippen molar-refractivity contribution >= 4 is 0 Å². The van der Waals surface area contributed by atoms with Crippen LogP contribution in [0.1, 0.15) is 52.4 Å². The van der Waals surface area contributed by atoms with Gasteiger partial charge in [0, 0.05) is 25.7 Å². The minimum absolute atomic E-state index is 0.260. The second-order valence-corrected chi connectivity index (χ2v) is 6.79. The van der Waals surface area contributed by atoms with Gasteiger partial charge in [-0.05, 0) is 37.6 Å². The Labute approximate surface area is 118 Å². The standard InChI is InChI=1S/C16H32N2O/c1-4-14-6-5-8-16(10-14,12-17)18-9-7-13(2)15(11-18)19-3/h13-15H,4-12,17H2,1-3H3. The molecule has 1 aliphatic carbocycles. The molecule has 112 valence electrons. The second kappa shape index (κ2) is 6.55. The summed E-state index contributed by atoms with van der Waals surface area (Å²) in [5, 5.41) is 0. The van der Waals surface area contributed by atoms with Gasteiger partial charge in [-0.3, -0.25) is 4.90 Å². The number of piperidine rings is 1. The first kappa shape index (κ1) is 15.3. The Morgan fingerprint density at radius 2 is 2.16 bits per heavy atom. The third-order valence-electron chi connectivity index (χ3n) is 5.74. The van der Waals surface area contributed by atoms with Crippen LogP contribution in [0.2, 0.25) is 0 Å². The minimum atomic E-state index is 0.260. The number of methoxy groups -OCH3 is 1. The maximum absolute atomic E-state index is 6.23. The smallest absolute Gasteiger partial charge is 0.0724 e. The monoisotopic (exact) mass is 268 g/mol. The van der Waals surface area contributed by atoms with Crippen molar-refractivity contribution in [1.29, 1.82) is 0 Å². The van der Waals surface area contributed by atoms with Gasteiger partial charge in [0.25, 0.3) is 0 Å². The van der Waals surface area contributed by atoms with Crippen LogP contribution in [-0.4, -0.2) is 43.3 Å². The minimum Gasteiger partial charge on any atom is -0.380 e. The van der Waals surface area contributed by atoms with E-state index in [1.54, 1.807) is 0 Å². The third-order valence-corrected chi connectivity index (χ3v) is 5.74. The van der Waals surface area contributed by atoms with Crippen molar-refractivity contribution in [3.63, 3.8) is 0 Å². The van der Waals surface area contributed by atoms with Gasteiger partial charge in [-0.25, -0.2) is 0 Å². The molecule has 19 heavy (non-hydrogen) atoms. The molecule has 2 fully saturated rings. The van der Waals surface area contributed by atoms with Gasteiger partial charge in [-0.15, -0.1) is 0 Å². The number of likely N-dealkylation sites (tertiary alicyclic amines) is 1. The predicted molar refractivity (Wildman–Crippen MR) is 80.2 cm³/mol.